The molecule has 1 aliphatic heterocycles. The molecule has 1 aromatic heterocycles. The van der Waals surface area contributed by atoms with Crippen molar-refractivity contribution < 1.29 is 13.2 Å². The van der Waals surface area contributed by atoms with Gasteiger partial charge in [0.05, 0.1) is 11.3 Å². The van der Waals surface area contributed by atoms with Gasteiger partial charge in [0.1, 0.15) is 5.82 Å². The number of benzene rings is 1. The molecule has 1 fully saturated rings. The predicted molar refractivity (Wildman–Crippen MR) is 101 cm³/mol. The van der Waals surface area contributed by atoms with Gasteiger partial charge in [-0.25, -0.2) is 13.4 Å². The summed E-state index contributed by atoms with van der Waals surface area (Å²) in [6.45, 7) is 4.89. The largest absolute Gasteiger partial charge is 0.353 e. The van der Waals surface area contributed by atoms with Crippen molar-refractivity contribution in [1.82, 2.24) is 9.88 Å². The van der Waals surface area contributed by atoms with E-state index in [0.29, 0.717) is 13.1 Å². The van der Waals surface area contributed by atoms with Crippen LogP contribution in [-0.2, 0) is 21.1 Å². The first-order valence-electron chi connectivity index (χ1n) is 8.58. The summed E-state index contributed by atoms with van der Waals surface area (Å²) in [7, 11) is -3.21. The average molecular weight is 373 g/mol. The number of rotatable bonds is 4. The molecule has 1 aliphatic rings. The SMILES string of the molecule is Cc1cccnc1N1CCN(C(=O)Cc2ccc(S(C)(=O)=O)cc2)CC1. The first-order chi connectivity index (χ1) is 12.3. The lowest BCUT2D eigenvalue weighted by molar-refractivity contribution is -0.130. The number of carbonyl (C=O) groups excluding carboxylic acids is 1. The fourth-order valence-corrected chi connectivity index (χ4v) is 3.75. The van der Waals surface area contributed by atoms with Crippen LogP contribution in [0.15, 0.2) is 47.5 Å². The standard InChI is InChI=1S/C19H23N3O3S/c1-15-4-3-9-20-19(15)22-12-10-21(11-13-22)18(23)14-16-5-7-17(8-6-16)26(2,24)25/h3-9H,10-14H2,1-2H3. The van der Waals surface area contributed by atoms with E-state index in [1.807, 2.05) is 24.0 Å². The van der Waals surface area contributed by atoms with E-state index >= 15 is 0 Å². The topological polar surface area (TPSA) is 70.6 Å². The van der Waals surface area contributed by atoms with Gasteiger partial charge in [-0.15, -0.1) is 0 Å². The van der Waals surface area contributed by atoms with Crippen LogP contribution in [0.4, 0.5) is 5.82 Å². The van der Waals surface area contributed by atoms with E-state index in [0.717, 1.165) is 30.0 Å². The summed E-state index contributed by atoms with van der Waals surface area (Å²) in [5, 5.41) is 0. The Morgan fingerprint density at radius 3 is 2.31 bits per heavy atom. The number of pyridine rings is 1. The van der Waals surface area contributed by atoms with Crippen molar-refractivity contribution in [1.29, 1.82) is 0 Å². The smallest absolute Gasteiger partial charge is 0.227 e. The number of amides is 1. The molecule has 6 nitrogen and oxygen atoms in total. The normalized spacial score (nSPS) is 15.2. The zero-order chi connectivity index (χ0) is 18.7. The van der Waals surface area contributed by atoms with Crippen molar-refractivity contribution in [2.24, 2.45) is 0 Å². The molecule has 0 aliphatic carbocycles. The highest BCUT2D eigenvalue weighted by Gasteiger charge is 2.22. The van der Waals surface area contributed by atoms with Crippen LogP contribution in [0.25, 0.3) is 0 Å². The highest BCUT2D eigenvalue weighted by molar-refractivity contribution is 7.90. The number of hydrogen-bond donors (Lipinski definition) is 0. The van der Waals surface area contributed by atoms with Crippen molar-refractivity contribution in [2.75, 3.05) is 37.3 Å². The molecule has 0 unspecified atom stereocenters. The summed E-state index contributed by atoms with van der Waals surface area (Å²) < 4.78 is 23.0. The van der Waals surface area contributed by atoms with Gasteiger partial charge in [0, 0.05) is 38.6 Å². The monoisotopic (exact) mass is 373 g/mol. The third-order valence-corrected chi connectivity index (χ3v) is 5.75. The highest BCUT2D eigenvalue weighted by atomic mass is 32.2. The maximum atomic E-state index is 12.5. The molecular weight excluding hydrogens is 350 g/mol. The lowest BCUT2D eigenvalue weighted by Gasteiger charge is -2.36. The molecule has 0 bridgehead atoms. The molecule has 138 valence electrons. The Bertz CT molecular complexity index is 887. The molecule has 7 heteroatoms. The minimum atomic E-state index is -3.21. The number of piperazine rings is 1. The fraction of sp³-hybridized carbons (Fsp3) is 0.368. The third-order valence-electron chi connectivity index (χ3n) is 4.62. The molecule has 0 radical (unpaired) electrons. The molecule has 2 heterocycles. The van der Waals surface area contributed by atoms with Gasteiger partial charge in [-0.1, -0.05) is 18.2 Å². The van der Waals surface area contributed by atoms with Gasteiger partial charge in [-0.2, -0.15) is 0 Å². The van der Waals surface area contributed by atoms with Gasteiger partial charge in [0.25, 0.3) is 0 Å². The quantitative estimate of drug-likeness (QED) is 0.816. The molecule has 3 rings (SSSR count). The Hall–Kier alpha value is -2.41. The second-order valence-electron chi connectivity index (χ2n) is 6.60. The Morgan fingerprint density at radius 2 is 1.73 bits per heavy atom. The Kier molecular flexibility index (Phi) is 5.27. The molecule has 1 aromatic carbocycles. The Labute approximate surface area is 154 Å². The van der Waals surface area contributed by atoms with Gasteiger partial charge in [0.2, 0.25) is 5.91 Å². The average Bonchev–Trinajstić information content (AvgIpc) is 2.62. The van der Waals surface area contributed by atoms with Gasteiger partial charge >= 0.3 is 0 Å². The number of hydrogen-bond acceptors (Lipinski definition) is 5. The summed E-state index contributed by atoms with van der Waals surface area (Å²) in [5.41, 5.74) is 1.96. The van der Waals surface area contributed by atoms with Gasteiger partial charge in [-0.3, -0.25) is 4.79 Å². The van der Waals surface area contributed by atoms with Gasteiger partial charge < -0.3 is 9.80 Å². The maximum Gasteiger partial charge on any atom is 0.227 e. The van der Waals surface area contributed by atoms with E-state index in [-0.39, 0.29) is 17.2 Å². The van der Waals surface area contributed by atoms with Crippen LogP contribution < -0.4 is 4.90 Å². The molecule has 0 spiro atoms. The van der Waals surface area contributed by atoms with E-state index in [1.165, 1.54) is 6.26 Å². The summed E-state index contributed by atoms with van der Waals surface area (Å²) in [6.07, 6.45) is 3.25. The van der Waals surface area contributed by atoms with Crippen molar-refractivity contribution in [3.8, 4) is 0 Å². The number of aromatic nitrogens is 1. The second-order valence-corrected chi connectivity index (χ2v) is 8.62. The first kappa shape index (κ1) is 18.4. The van der Waals surface area contributed by atoms with Crippen molar-refractivity contribution in [3.05, 3.63) is 53.7 Å². The predicted octanol–water partition coefficient (Wildman–Crippen LogP) is 1.68. The third kappa shape index (κ3) is 4.22. The lowest BCUT2D eigenvalue weighted by Crippen LogP contribution is -2.49. The van der Waals surface area contributed by atoms with Crippen LogP contribution >= 0.6 is 0 Å². The summed E-state index contributed by atoms with van der Waals surface area (Å²) >= 11 is 0. The first-order valence-corrected chi connectivity index (χ1v) is 10.5. The molecule has 26 heavy (non-hydrogen) atoms. The zero-order valence-electron chi connectivity index (χ0n) is 15.1. The summed E-state index contributed by atoms with van der Waals surface area (Å²) in [5.74, 6) is 1.05. The number of aryl methyl sites for hydroxylation is 1. The lowest BCUT2D eigenvalue weighted by atomic mass is 10.1. The van der Waals surface area contributed by atoms with Crippen LogP contribution in [0, 0.1) is 6.92 Å². The van der Waals surface area contributed by atoms with E-state index in [9.17, 15) is 13.2 Å². The van der Waals surface area contributed by atoms with Crippen LogP contribution in [0.2, 0.25) is 0 Å². The Balaban J connectivity index is 1.58. The fourth-order valence-electron chi connectivity index (χ4n) is 3.12. The minimum absolute atomic E-state index is 0.0644. The highest BCUT2D eigenvalue weighted by Crippen LogP contribution is 2.18. The van der Waals surface area contributed by atoms with Crippen molar-refractivity contribution >= 4 is 21.6 Å². The number of carbonyl (C=O) groups is 1. The van der Waals surface area contributed by atoms with E-state index in [1.54, 1.807) is 30.5 Å². The van der Waals surface area contributed by atoms with E-state index in [4.69, 9.17) is 0 Å². The molecular formula is C19H23N3O3S. The molecule has 0 N–H and O–H groups in total. The van der Waals surface area contributed by atoms with Crippen LogP contribution in [0.1, 0.15) is 11.1 Å². The molecule has 0 saturated carbocycles. The molecule has 0 atom stereocenters. The summed E-state index contributed by atoms with van der Waals surface area (Å²) in [4.78, 5) is 21.3. The number of sulfone groups is 1. The molecule has 1 saturated heterocycles. The maximum absolute atomic E-state index is 12.5. The number of anilines is 1. The summed E-state index contributed by atoms with van der Waals surface area (Å²) in [6, 6.07) is 10.5. The van der Waals surface area contributed by atoms with Crippen LogP contribution in [-0.4, -0.2) is 56.6 Å². The van der Waals surface area contributed by atoms with Crippen LogP contribution in [0.5, 0.6) is 0 Å². The van der Waals surface area contributed by atoms with Crippen LogP contribution in [0.3, 0.4) is 0 Å². The van der Waals surface area contributed by atoms with E-state index < -0.39 is 9.84 Å². The Morgan fingerprint density at radius 1 is 1.08 bits per heavy atom. The minimum Gasteiger partial charge on any atom is -0.353 e. The van der Waals surface area contributed by atoms with Gasteiger partial charge in [-0.05, 0) is 36.2 Å². The zero-order valence-corrected chi connectivity index (χ0v) is 15.9. The molecule has 1 amide bonds. The molecule has 2 aromatic rings. The van der Waals surface area contributed by atoms with Crippen molar-refractivity contribution in [2.45, 2.75) is 18.2 Å². The van der Waals surface area contributed by atoms with Crippen molar-refractivity contribution in [3.63, 3.8) is 0 Å². The van der Waals surface area contributed by atoms with Gasteiger partial charge in [0.15, 0.2) is 9.84 Å². The number of nitrogens with zero attached hydrogens (tertiary/aromatic N) is 3. The second kappa shape index (κ2) is 7.45. The van der Waals surface area contributed by atoms with E-state index in [2.05, 4.69) is 9.88 Å².